The molecule has 1 saturated carbocycles. The van der Waals surface area contributed by atoms with Crippen molar-refractivity contribution in [1.82, 2.24) is 9.78 Å². The average Bonchev–Trinajstić information content (AvgIpc) is 3.58. The lowest BCUT2D eigenvalue weighted by atomic mass is 10.0. The van der Waals surface area contributed by atoms with Gasteiger partial charge in [0.1, 0.15) is 6.10 Å². The van der Waals surface area contributed by atoms with Crippen molar-refractivity contribution in [3.63, 3.8) is 0 Å². The normalized spacial score (nSPS) is 14.0. The van der Waals surface area contributed by atoms with E-state index in [9.17, 15) is 4.79 Å². The third-order valence-electron chi connectivity index (χ3n) is 5.87. The Bertz CT molecular complexity index is 1260. The zero-order valence-electron chi connectivity index (χ0n) is 18.2. The molecule has 166 valence electrons. The molecule has 3 aromatic carbocycles. The molecule has 1 aliphatic carbocycles. The highest BCUT2D eigenvalue weighted by atomic mass is 35.5. The van der Waals surface area contributed by atoms with Gasteiger partial charge in [0.2, 0.25) is 0 Å². The van der Waals surface area contributed by atoms with Crippen LogP contribution in [0.2, 0.25) is 5.02 Å². The number of ether oxygens (including phenoxy) is 1. The Balaban J connectivity index is 1.22. The SMILES string of the molecule is C[C@@H](OC(=O)Nc1ccn(-c2ccc(-c3ccc(C4CC4)cc3)cc2)n1)c1ccccc1Cl. The quantitative estimate of drug-likeness (QED) is 0.328. The molecule has 1 fully saturated rings. The maximum absolute atomic E-state index is 12.3. The van der Waals surface area contributed by atoms with Crippen molar-refractivity contribution < 1.29 is 9.53 Å². The van der Waals surface area contributed by atoms with Gasteiger partial charge in [0.05, 0.1) is 5.69 Å². The third-order valence-corrected chi connectivity index (χ3v) is 6.22. The van der Waals surface area contributed by atoms with Crippen LogP contribution in [-0.2, 0) is 4.74 Å². The first-order valence-electron chi connectivity index (χ1n) is 11.1. The number of carbonyl (C=O) groups excluding carboxylic acids is 1. The summed E-state index contributed by atoms with van der Waals surface area (Å²) in [5, 5.41) is 7.67. The summed E-state index contributed by atoms with van der Waals surface area (Å²) in [5.74, 6) is 1.17. The Labute approximate surface area is 198 Å². The zero-order chi connectivity index (χ0) is 22.8. The van der Waals surface area contributed by atoms with E-state index in [0.717, 1.165) is 22.7 Å². The van der Waals surface area contributed by atoms with Gasteiger partial charge in [0, 0.05) is 22.8 Å². The monoisotopic (exact) mass is 457 g/mol. The minimum absolute atomic E-state index is 0.408. The Kier molecular flexibility index (Phi) is 5.88. The largest absolute Gasteiger partial charge is 0.441 e. The fourth-order valence-electron chi connectivity index (χ4n) is 3.87. The molecular formula is C27H24ClN3O2. The number of aromatic nitrogens is 2. The number of carbonyl (C=O) groups is 1. The second-order valence-corrected chi connectivity index (χ2v) is 8.69. The van der Waals surface area contributed by atoms with Gasteiger partial charge in [0.25, 0.3) is 0 Å². The van der Waals surface area contributed by atoms with Gasteiger partial charge >= 0.3 is 6.09 Å². The smallest absolute Gasteiger partial charge is 0.413 e. The summed E-state index contributed by atoms with van der Waals surface area (Å²) < 4.78 is 7.16. The van der Waals surface area contributed by atoms with E-state index < -0.39 is 12.2 Å². The number of benzene rings is 3. The molecule has 0 aliphatic heterocycles. The van der Waals surface area contributed by atoms with E-state index in [1.807, 2.05) is 30.3 Å². The number of hydrogen-bond acceptors (Lipinski definition) is 3. The van der Waals surface area contributed by atoms with E-state index in [4.69, 9.17) is 16.3 Å². The molecule has 1 amide bonds. The highest BCUT2D eigenvalue weighted by Crippen LogP contribution is 2.40. The summed E-state index contributed by atoms with van der Waals surface area (Å²) in [6.45, 7) is 1.78. The number of halogens is 1. The van der Waals surface area contributed by atoms with E-state index in [1.165, 1.54) is 24.0 Å². The van der Waals surface area contributed by atoms with Gasteiger partial charge in [-0.1, -0.05) is 66.2 Å². The van der Waals surface area contributed by atoms with E-state index in [0.29, 0.717) is 10.8 Å². The lowest BCUT2D eigenvalue weighted by molar-refractivity contribution is 0.121. The second-order valence-electron chi connectivity index (χ2n) is 8.28. The van der Waals surface area contributed by atoms with Gasteiger partial charge in [-0.2, -0.15) is 0 Å². The minimum atomic E-state index is -0.585. The van der Waals surface area contributed by atoms with Crippen LogP contribution in [0.4, 0.5) is 10.6 Å². The maximum Gasteiger partial charge on any atom is 0.413 e. The molecule has 0 bridgehead atoms. The number of nitrogens with zero attached hydrogens (tertiary/aromatic N) is 2. The number of nitrogens with one attached hydrogen (secondary N) is 1. The summed E-state index contributed by atoms with van der Waals surface area (Å²) >= 11 is 6.18. The molecule has 5 nitrogen and oxygen atoms in total. The molecule has 5 rings (SSSR count). The van der Waals surface area contributed by atoms with Gasteiger partial charge in [-0.25, -0.2) is 9.48 Å². The maximum atomic E-state index is 12.3. The van der Waals surface area contributed by atoms with Crippen molar-refractivity contribution in [2.45, 2.75) is 31.8 Å². The first-order chi connectivity index (χ1) is 16.1. The standard InChI is InChI=1S/C27H24ClN3O2/c1-18(24-4-2-3-5-25(24)28)33-27(32)29-26-16-17-31(30-26)23-14-12-22(13-15-23)21-10-8-20(9-11-21)19-6-7-19/h2-5,8-19H,6-7H2,1H3,(H,29,30,32)/t18-/m1/s1. The number of hydrogen-bond donors (Lipinski definition) is 1. The molecule has 4 aromatic rings. The minimum Gasteiger partial charge on any atom is -0.441 e. The van der Waals surface area contributed by atoms with Crippen LogP contribution < -0.4 is 5.32 Å². The summed E-state index contributed by atoms with van der Waals surface area (Å²) in [7, 11) is 0. The third kappa shape index (κ3) is 4.94. The van der Waals surface area contributed by atoms with E-state index in [2.05, 4.69) is 46.8 Å². The van der Waals surface area contributed by atoms with Crippen LogP contribution in [0.5, 0.6) is 0 Å². The lowest BCUT2D eigenvalue weighted by Gasteiger charge is -2.14. The van der Waals surface area contributed by atoms with Crippen LogP contribution in [0, 0.1) is 0 Å². The molecule has 1 N–H and O–H groups in total. The zero-order valence-corrected chi connectivity index (χ0v) is 19.0. The van der Waals surface area contributed by atoms with Crippen molar-refractivity contribution in [3.8, 4) is 16.8 Å². The molecule has 6 heteroatoms. The highest BCUT2D eigenvalue weighted by Gasteiger charge is 2.23. The molecule has 33 heavy (non-hydrogen) atoms. The van der Waals surface area contributed by atoms with Gasteiger partial charge in [-0.3, -0.25) is 5.32 Å². The Hall–Kier alpha value is -3.57. The van der Waals surface area contributed by atoms with Crippen LogP contribution in [-0.4, -0.2) is 15.9 Å². The number of amides is 1. The van der Waals surface area contributed by atoms with Gasteiger partial charge in [-0.15, -0.1) is 5.10 Å². The summed E-state index contributed by atoms with van der Waals surface area (Å²) in [4.78, 5) is 12.3. The first-order valence-corrected chi connectivity index (χ1v) is 11.4. The topological polar surface area (TPSA) is 56.1 Å². The molecule has 0 radical (unpaired) electrons. The van der Waals surface area contributed by atoms with Crippen molar-refractivity contribution in [2.24, 2.45) is 0 Å². The average molecular weight is 458 g/mol. The molecule has 1 atom stereocenters. The van der Waals surface area contributed by atoms with E-state index in [-0.39, 0.29) is 0 Å². The van der Waals surface area contributed by atoms with Crippen LogP contribution in [0.25, 0.3) is 16.8 Å². The molecule has 0 unspecified atom stereocenters. The van der Waals surface area contributed by atoms with Crippen LogP contribution >= 0.6 is 11.6 Å². The van der Waals surface area contributed by atoms with Crippen LogP contribution in [0.1, 0.15) is 42.9 Å². The number of anilines is 1. The van der Waals surface area contributed by atoms with Gasteiger partial charge in [0.15, 0.2) is 5.82 Å². The van der Waals surface area contributed by atoms with Crippen molar-refractivity contribution in [3.05, 3.63) is 101 Å². The second kappa shape index (κ2) is 9.12. The lowest BCUT2D eigenvalue weighted by Crippen LogP contribution is -2.16. The highest BCUT2D eigenvalue weighted by molar-refractivity contribution is 6.31. The van der Waals surface area contributed by atoms with Crippen molar-refractivity contribution in [1.29, 1.82) is 0 Å². The van der Waals surface area contributed by atoms with E-state index >= 15 is 0 Å². The Morgan fingerprint density at radius 2 is 1.67 bits per heavy atom. The van der Waals surface area contributed by atoms with Crippen LogP contribution in [0.3, 0.4) is 0 Å². The molecule has 1 aliphatic rings. The van der Waals surface area contributed by atoms with Gasteiger partial charge < -0.3 is 4.74 Å². The molecule has 0 saturated heterocycles. The summed E-state index contributed by atoms with van der Waals surface area (Å²) in [6.07, 6.45) is 3.36. The number of rotatable bonds is 6. The summed E-state index contributed by atoms with van der Waals surface area (Å²) in [6, 6.07) is 26.1. The fraction of sp³-hybridized carbons (Fsp3) is 0.185. The van der Waals surface area contributed by atoms with E-state index in [1.54, 1.807) is 29.9 Å². The molecule has 1 aromatic heterocycles. The molecule has 0 spiro atoms. The van der Waals surface area contributed by atoms with Crippen molar-refractivity contribution in [2.75, 3.05) is 5.32 Å². The van der Waals surface area contributed by atoms with Crippen LogP contribution in [0.15, 0.2) is 85.1 Å². The molecule has 1 heterocycles. The summed E-state index contributed by atoms with van der Waals surface area (Å²) in [5.41, 5.74) is 5.45. The molecular weight excluding hydrogens is 434 g/mol. The predicted molar refractivity (Wildman–Crippen MR) is 131 cm³/mol. The first kappa shape index (κ1) is 21.3. The Morgan fingerprint density at radius 1 is 1.00 bits per heavy atom. The van der Waals surface area contributed by atoms with Gasteiger partial charge in [-0.05, 0) is 60.6 Å². The Morgan fingerprint density at radius 3 is 2.33 bits per heavy atom. The fourth-order valence-corrected chi connectivity index (χ4v) is 4.16. The van der Waals surface area contributed by atoms with Crippen molar-refractivity contribution >= 4 is 23.5 Å². The predicted octanol–water partition coefficient (Wildman–Crippen LogP) is 7.38.